The summed E-state index contributed by atoms with van der Waals surface area (Å²) in [7, 11) is 0. The minimum Gasteiger partial charge on any atom is -0.378 e. The zero-order valence-corrected chi connectivity index (χ0v) is 14.6. The van der Waals surface area contributed by atoms with Gasteiger partial charge in [-0.3, -0.25) is 0 Å². The van der Waals surface area contributed by atoms with Crippen molar-refractivity contribution in [2.24, 2.45) is 0 Å². The summed E-state index contributed by atoms with van der Waals surface area (Å²) in [6.45, 7) is 3.42. The summed E-state index contributed by atoms with van der Waals surface area (Å²) in [5, 5.41) is 3.68. The Labute approximate surface area is 147 Å². The van der Waals surface area contributed by atoms with Gasteiger partial charge < -0.3 is 15.0 Å². The van der Waals surface area contributed by atoms with Crippen molar-refractivity contribution in [3.8, 4) is 0 Å². The Kier molecular flexibility index (Phi) is 4.90. The van der Waals surface area contributed by atoms with E-state index in [9.17, 15) is 0 Å². The van der Waals surface area contributed by atoms with Crippen LogP contribution in [0.2, 0.25) is 0 Å². The summed E-state index contributed by atoms with van der Waals surface area (Å²) in [6, 6.07) is 13.4. The highest BCUT2D eigenvalue weighted by Gasteiger charge is 2.19. The fraction of sp³-hybridized carbons (Fsp3) is 0.421. The molecule has 3 heterocycles. The number of nitrogens with one attached hydrogen (secondary N) is 1. The topological polar surface area (TPSA) is 37.4 Å². The maximum Gasteiger partial charge on any atom is 0.128 e. The highest BCUT2D eigenvalue weighted by molar-refractivity contribution is 7.99. The Morgan fingerprint density at radius 3 is 2.83 bits per heavy atom. The van der Waals surface area contributed by atoms with E-state index in [1.165, 1.54) is 16.9 Å². The monoisotopic (exact) mass is 341 g/mol. The number of fused-ring (bicyclic) bond motifs is 1. The van der Waals surface area contributed by atoms with Gasteiger partial charge in [-0.25, -0.2) is 4.98 Å². The predicted molar refractivity (Wildman–Crippen MR) is 101 cm³/mol. The Morgan fingerprint density at radius 1 is 1.12 bits per heavy atom. The summed E-state index contributed by atoms with van der Waals surface area (Å²) >= 11 is 2.02. The SMILES string of the molecule is c1ccc2c(c1)CCSC[C@H]2Nc1ccc(N2CCOCC2)nc1. The van der Waals surface area contributed by atoms with Crippen LogP contribution < -0.4 is 10.2 Å². The lowest BCUT2D eigenvalue weighted by atomic mass is 9.99. The maximum atomic E-state index is 5.41. The summed E-state index contributed by atoms with van der Waals surface area (Å²) in [6.07, 6.45) is 3.12. The Balaban J connectivity index is 1.49. The van der Waals surface area contributed by atoms with Gasteiger partial charge in [0.05, 0.1) is 31.1 Å². The minimum atomic E-state index is 0.352. The fourth-order valence-electron chi connectivity index (χ4n) is 3.35. The number of pyridine rings is 1. The van der Waals surface area contributed by atoms with Crippen molar-refractivity contribution in [1.82, 2.24) is 4.98 Å². The molecule has 0 aliphatic carbocycles. The van der Waals surface area contributed by atoms with E-state index >= 15 is 0 Å². The van der Waals surface area contributed by atoms with Crippen LogP contribution in [0.1, 0.15) is 17.2 Å². The van der Waals surface area contributed by atoms with Crippen molar-refractivity contribution in [2.75, 3.05) is 48.0 Å². The Morgan fingerprint density at radius 2 is 2.00 bits per heavy atom. The second kappa shape index (κ2) is 7.45. The number of nitrogens with zero attached hydrogens (tertiary/aromatic N) is 2. The highest BCUT2D eigenvalue weighted by Crippen LogP contribution is 2.30. The number of hydrogen-bond acceptors (Lipinski definition) is 5. The fourth-order valence-corrected chi connectivity index (χ4v) is 4.38. The van der Waals surface area contributed by atoms with Gasteiger partial charge in [0.25, 0.3) is 0 Å². The molecule has 1 N–H and O–H groups in total. The van der Waals surface area contributed by atoms with Crippen LogP contribution in [0.25, 0.3) is 0 Å². The van der Waals surface area contributed by atoms with Crippen LogP contribution >= 0.6 is 11.8 Å². The molecular formula is C19H23N3OS. The van der Waals surface area contributed by atoms with Crippen LogP contribution in [0.4, 0.5) is 11.5 Å². The van der Waals surface area contributed by atoms with E-state index in [0.717, 1.165) is 50.0 Å². The lowest BCUT2D eigenvalue weighted by molar-refractivity contribution is 0.122. The van der Waals surface area contributed by atoms with E-state index in [1.807, 2.05) is 18.0 Å². The summed E-state index contributed by atoms with van der Waals surface area (Å²) < 4.78 is 5.41. The molecule has 0 bridgehead atoms. The second-order valence-electron chi connectivity index (χ2n) is 6.23. The molecular weight excluding hydrogens is 318 g/mol. The zero-order chi connectivity index (χ0) is 16.2. The molecule has 1 aromatic heterocycles. The summed E-state index contributed by atoms with van der Waals surface area (Å²) in [5.41, 5.74) is 3.99. The Bertz CT molecular complexity index is 671. The third kappa shape index (κ3) is 3.52. The lowest BCUT2D eigenvalue weighted by Gasteiger charge is -2.28. The molecule has 1 saturated heterocycles. The molecule has 0 radical (unpaired) electrons. The second-order valence-corrected chi connectivity index (χ2v) is 7.37. The van der Waals surface area contributed by atoms with E-state index in [1.54, 1.807) is 0 Å². The number of morpholine rings is 1. The van der Waals surface area contributed by atoms with Crippen LogP contribution in [0.3, 0.4) is 0 Å². The van der Waals surface area contributed by atoms with Gasteiger partial charge in [0.2, 0.25) is 0 Å². The number of benzene rings is 1. The standard InChI is InChI=1S/C19H23N3OS/c1-2-4-17-15(3-1)7-12-24-14-18(17)21-16-5-6-19(20-13-16)22-8-10-23-11-9-22/h1-6,13,18,21H,7-12,14H2/t18-/m1/s1. The quantitative estimate of drug-likeness (QED) is 0.926. The number of ether oxygens (including phenoxy) is 1. The van der Waals surface area contributed by atoms with Crippen molar-refractivity contribution in [3.63, 3.8) is 0 Å². The number of rotatable bonds is 3. The molecule has 1 atom stereocenters. The van der Waals surface area contributed by atoms with Crippen molar-refractivity contribution >= 4 is 23.3 Å². The molecule has 4 nitrogen and oxygen atoms in total. The molecule has 1 fully saturated rings. The van der Waals surface area contributed by atoms with E-state index < -0.39 is 0 Å². The summed E-state index contributed by atoms with van der Waals surface area (Å²) in [4.78, 5) is 6.93. The van der Waals surface area contributed by atoms with Crippen LogP contribution in [-0.4, -0.2) is 42.8 Å². The van der Waals surface area contributed by atoms with E-state index in [-0.39, 0.29) is 0 Å². The van der Waals surface area contributed by atoms with Crippen LogP contribution in [0.15, 0.2) is 42.6 Å². The highest BCUT2D eigenvalue weighted by atomic mass is 32.2. The van der Waals surface area contributed by atoms with Crippen LogP contribution in [0.5, 0.6) is 0 Å². The number of aromatic nitrogens is 1. The van der Waals surface area contributed by atoms with Crippen LogP contribution in [0, 0.1) is 0 Å². The third-order valence-corrected chi connectivity index (χ3v) is 5.72. The molecule has 0 saturated carbocycles. The summed E-state index contributed by atoms with van der Waals surface area (Å²) in [5.74, 6) is 3.34. The Hall–Kier alpha value is -1.72. The zero-order valence-electron chi connectivity index (χ0n) is 13.8. The first-order valence-electron chi connectivity index (χ1n) is 8.61. The predicted octanol–water partition coefficient (Wildman–Crippen LogP) is 3.36. The van der Waals surface area contributed by atoms with E-state index in [4.69, 9.17) is 4.74 Å². The number of aryl methyl sites for hydroxylation is 1. The number of hydrogen-bond donors (Lipinski definition) is 1. The molecule has 24 heavy (non-hydrogen) atoms. The van der Waals surface area contributed by atoms with Gasteiger partial charge in [0.1, 0.15) is 5.82 Å². The number of thioether (sulfide) groups is 1. The van der Waals surface area contributed by atoms with Gasteiger partial charge in [-0.2, -0.15) is 11.8 Å². The first kappa shape index (κ1) is 15.8. The molecule has 5 heteroatoms. The van der Waals surface area contributed by atoms with Crippen molar-refractivity contribution < 1.29 is 4.74 Å². The number of anilines is 2. The van der Waals surface area contributed by atoms with E-state index in [0.29, 0.717) is 6.04 Å². The first-order valence-corrected chi connectivity index (χ1v) is 9.76. The van der Waals surface area contributed by atoms with Gasteiger partial charge in [-0.05, 0) is 35.4 Å². The minimum absolute atomic E-state index is 0.352. The first-order chi connectivity index (χ1) is 11.9. The molecule has 0 amide bonds. The molecule has 2 aromatic rings. The van der Waals surface area contributed by atoms with E-state index in [2.05, 4.69) is 51.6 Å². The molecule has 2 aliphatic heterocycles. The van der Waals surface area contributed by atoms with Crippen LogP contribution in [-0.2, 0) is 11.2 Å². The van der Waals surface area contributed by atoms with Crippen molar-refractivity contribution in [1.29, 1.82) is 0 Å². The molecule has 126 valence electrons. The average Bonchev–Trinajstić information content (AvgIpc) is 2.86. The normalized spacial score (nSPS) is 21.0. The molecule has 0 unspecified atom stereocenters. The van der Waals surface area contributed by atoms with Gasteiger partial charge in [-0.1, -0.05) is 24.3 Å². The van der Waals surface area contributed by atoms with Crippen molar-refractivity contribution in [3.05, 3.63) is 53.7 Å². The van der Waals surface area contributed by atoms with Gasteiger partial charge in [0.15, 0.2) is 0 Å². The third-order valence-electron chi connectivity index (χ3n) is 4.65. The maximum absolute atomic E-state index is 5.41. The molecule has 4 rings (SSSR count). The average molecular weight is 341 g/mol. The molecule has 1 aromatic carbocycles. The largest absolute Gasteiger partial charge is 0.378 e. The van der Waals surface area contributed by atoms with Gasteiger partial charge in [-0.15, -0.1) is 0 Å². The molecule has 0 spiro atoms. The smallest absolute Gasteiger partial charge is 0.128 e. The van der Waals surface area contributed by atoms with Gasteiger partial charge in [0, 0.05) is 18.8 Å². The van der Waals surface area contributed by atoms with Gasteiger partial charge >= 0.3 is 0 Å². The van der Waals surface area contributed by atoms with Crippen molar-refractivity contribution in [2.45, 2.75) is 12.5 Å². The lowest BCUT2D eigenvalue weighted by Crippen LogP contribution is -2.36. The molecule has 2 aliphatic rings.